The Morgan fingerprint density at radius 1 is 0.769 bits per heavy atom. The van der Waals surface area contributed by atoms with E-state index in [-0.39, 0.29) is 0 Å². The zero-order valence-corrected chi connectivity index (χ0v) is 9.52. The van der Waals surface area contributed by atoms with Crippen LogP contribution in [0.3, 0.4) is 0 Å². The van der Waals surface area contributed by atoms with E-state index >= 15 is 0 Å². The Morgan fingerprint density at radius 2 is 1.31 bits per heavy atom. The third kappa shape index (κ3) is 4.15. The highest BCUT2D eigenvalue weighted by Crippen LogP contribution is 2.33. The van der Waals surface area contributed by atoms with Gasteiger partial charge in [0.25, 0.3) is 0 Å². The minimum Gasteiger partial charge on any atom is -0.0654 e. The summed E-state index contributed by atoms with van der Waals surface area (Å²) >= 11 is 0. The maximum atomic E-state index is 2.32. The lowest BCUT2D eigenvalue weighted by Gasteiger charge is -2.28. The van der Waals surface area contributed by atoms with E-state index in [4.69, 9.17) is 0 Å². The quantitative estimate of drug-likeness (QED) is 0.574. The highest BCUT2D eigenvalue weighted by Gasteiger charge is 2.19. The third-order valence-corrected chi connectivity index (χ3v) is 3.63. The molecule has 0 bridgehead atoms. The summed E-state index contributed by atoms with van der Waals surface area (Å²) < 4.78 is 0. The normalized spacial score (nSPS) is 29.1. The van der Waals surface area contributed by atoms with E-state index < -0.39 is 0 Å². The largest absolute Gasteiger partial charge is 0.0654 e. The van der Waals surface area contributed by atoms with Crippen molar-refractivity contribution in [3.05, 3.63) is 0 Å². The van der Waals surface area contributed by atoms with Crippen LogP contribution in [0.4, 0.5) is 0 Å². The Hall–Kier alpha value is 0. The first-order valence-corrected chi connectivity index (χ1v) is 6.36. The van der Waals surface area contributed by atoms with Gasteiger partial charge in [-0.05, 0) is 11.8 Å². The van der Waals surface area contributed by atoms with Crippen LogP contribution < -0.4 is 0 Å². The van der Waals surface area contributed by atoms with E-state index in [9.17, 15) is 0 Å². The van der Waals surface area contributed by atoms with Crippen molar-refractivity contribution in [1.82, 2.24) is 0 Å². The topological polar surface area (TPSA) is 0 Å². The van der Waals surface area contributed by atoms with Gasteiger partial charge in [0.15, 0.2) is 0 Å². The molecule has 1 aliphatic carbocycles. The van der Waals surface area contributed by atoms with Crippen LogP contribution in [0.15, 0.2) is 0 Å². The first kappa shape index (κ1) is 11.1. The Labute approximate surface area is 84.1 Å². The second kappa shape index (κ2) is 6.45. The van der Waals surface area contributed by atoms with Gasteiger partial charge in [0, 0.05) is 0 Å². The molecular weight excluding hydrogens is 156 g/mol. The van der Waals surface area contributed by atoms with Crippen LogP contribution in [0.5, 0.6) is 0 Å². The molecule has 0 amide bonds. The molecule has 0 heterocycles. The lowest BCUT2D eigenvalue weighted by molar-refractivity contribution is 0.248. The minimum absolute atomic E-state index is 1.09. The zero-order chi connectivity index (χ0) is 9.52. The standard InChI is InChI=1S/C13H26/c1-3-5-7-13-10-8-12(6-4-2)9-11-13/h12-13H,3-11H2,1-2H3. The summed E-state index contributed by atoms with van der Waals surface area (Å²) in [6.07, 6.45) is 13.4. The summed E-state index contributed by atoms with van der Waals surface area (Å²) in [5.74, 6) is 2.18. The zero-order valence-electron chi connectivity index (χ0n) is 9.52. The number of hydrogen-bond donors (Lipinski definition) is 0. The molecule has 0 unspecified atom stereocenters. The molecule has 1 aliphatic rings. The summed E-state index contributed by atoms with van der Waals surface area (Å²) in [7, 11) is 0. The van der Waals surface area contributed by atoms with E-state index in [0.717, 1.165) is 11.8 Å². The van der Waals surface area contributed by atoms with Crippen molar-refractivity contribution in [2.45, 2.75) is 71.6 Å². The SMILES string of the molecule is CCCCC1CCC(CCC)CC1. The van der Waals surface area contributed by atoms with Crippen molar-refractivity contribution in [3.63, 3.8) is 0 Å². The summed E-state index contributed by atoms with van der Waals surface area (Å²) in [4.78, 5) is 0. The third-order valence-electron chi connectivity index (χ3n) is 3.63. The Balaban J connectivity index is 2.08. The molecule has 0 aromatic rings. The molecule has 0 aromatic heterocycles. The van der Waals surface area contributed by atoms with Crippen molar-refractivity contribution >= 4 is 0 Å². The van der Waals surface area contributed by atoms with Gasteiger partial charge in [-0.1, -0.05) is 71.6 Å². The molecule has 0 N–H and O–H groups in total. The van der Waals surface area contributed by atoms with Crippen LogP contribution in [0, 0.1) is 11.8 Å². The fourth-order valence-corrected chi connectivity index (χ4v) is 2.71. The highest BCUT2D eigenvalue weighted by molar-refractivity contribution is 4.72. The predicted molar refractivity (Wildman–Crippen MR) is 59.9 cm³/mol. The maximum Gasteiger partial charge on any atom is -0.0414 e. The van der Waals surface area contributed by atoms with E-state index in [2.05, 4.69) is 13.8 Å². The number of unbranched alkanes of at least 4 members (excludes halogenated alkanes) is 1. The second-order valence-electron chi connectivity index (χ2n) is 4.82. The Morgan fingerprint density at radius 3 is 1.77 bits per heavy atom. The molecule has 1 rings (SSSR count). The van der Waals surface area contributed by atoms with Crippen molar-refractivity contribution in [3.8, 4) is 0 Å². The van der Waals surface area contributed by atoms with E-state index in [1.165, 1.54) is 57.8 Å². The highest BCUT2D eigenvalue weighted by atomic mass is 14.2. The van der Waals surface area contributed by atoms with Crippen LogP contribution in [-0.2, 0) is 0 Å². The molecule has 13 heavy (non-hydrogen) atoms. The smallest absolute Gasteiger partial charge is 0.0414 e. The van der Waals surface area contributed by atoms with Gasteiger partial charge >= 0.3 is 0 Å². The molecule has 1 saturated carbocycles. The average molecular weight is 182 g/mol. The van der Waals surface area contributed by atoms with Crippen molar-refractivity contribution in [2.75, 3.05) is 0 Å². The summed E-state index contributed by atoms with van der Waals surface area (Å²) in [5.41, 5.74) is 0. The summed E-state index contributed by atoms with van der Waals surface area (Å²) in [6.45, 7) is 4.63. The first-order valence-electron chi connectivity index (χ1n) is 6.36. The molecule has 0 atom stereocenters. The molecule has 0 aromatic carbocycles. The molecule has 0 spiro atoms. The lowest BCUT2D eigenvalue weighted by atomic mass is 9.78. The Kier molecular flexibility index (Phi) is 5.50. The molecule has 0 aliphatic heterocycles. The summed E-state index contributed by atoms with van der Waals surface area (Å²) in [6, 6.07) is 0. The monoisotopic (exact) mass is 182 g/mol. The van der Waals surface area contributed by atoms with Gasteiger partial charge in [-0.2, -0.15) is 0 Å². The molecule has 0 saturated heterocycles. The van der Waals surface area contributed by atoms with Crippen LogP contribution in [0.25, 0.3) is 0 Å². The average Bonchev–Trinajstić information content (AvgIpc) is 2.17. The van der Waals surface area contributed by atoms with Gasteiger partial charge in [0.2, 0.25) is 0 Å². The van der Waals surface area contributed by atoms with Gasteiger partial charge < -0.3 is 0 Å². The molecule has 0 radical (unpaired) electrons. The molecule has 0 heteroatoms. The number of hydrogen-bond acceptors (Lipinski definition) is 0. The van der Waals surface area contributed by atoms with Gasteiger partial charge in [0.1, 0.15) is 0 Å². The minimum atomic E-state index is 1.09. The van der Waals surface area contributed by atoms with Gasteiger partial charge in [-0.3, -0.25) is 0 Å². The molecule has 78 valence electrons. The van der Waals surface area contributed by atoms with E-state index in [0.29, 0.717) is 0 Å². The molecular formula is C13H26. The lowest BCUT2D eigenvalue weighted by Crippen LogP contribution is -2.14. The van der Waals surface area contributed by atoms with Gasteiger partial charge in [0.05, 0.1) is 0 Å². The number of rotatable bonds is 5. The van der Waals surface area contributed by atoms with Crippen molar-refractivity contribution in [1.29, 1.82) is 0 Å². The maximum absolute atomic E-state index is 2.32. The Bertz CT molecular complexity index is 109. The molecule has 1 fully saturated rings. The van der Waals surface area contributed by atoms with Gasteiger partial charge in [-0.25, -0.2) is 0 Å². The van der Waals surface area contributed by atoms with Crippen LogP contribution in [0.1, 0.15) is 71.6 Å². The summed E-state index contributed by atoms with van der Waals surface area (Å²) in [5, 5.41) is 0. The van der Waals surface area contributed by atoms with E-state index in [1.54, 1.807) is 0 Å². The van der Waals surface area contributed by atoms with Crippen LogP contribution in [0.2, 0.25) is 0 Å². The first-order chi connectivity index (χ1) is 6.36. The van der Waals surface area contributed by atoms with Crippen molar-refractivity contribution in [2.24, 2.45) is 11.8 Å². The van der Waals surface area contributed by atoms with Gasteiger partial charge in [-0.15, -0.1) is 0 Å². The fraction of sp³-hybridized carbons (Fsp3) is 1.00. The fourth-order valence-electron chi connectivity index (χ4n) is 2.71. The predicted octanol–water partition coefficient (Wildman–Crippen LogP) is 4.78. The van der Waals surface area contributed by atoms with Crippen LogP contribution >= 0.6 is 0 Å². The van der Waals surface area contributed by atoms with Crippen molar-refractivity contribution < 1.29 is 0 Å². The second-order valence-corrected chi connectivity index (χ2v) is 4.82. The van der Waals surface area contributed by atoms with E-state index in [1.807, 2.05) is 0 Å². The molecule has 0 nitrogen and oxygen atoms in total. The van der Waals surface area contributed by atoms with Crippen LogP contribution in [-0.4, -0.2) is 0 Å².